The lowest BCUT2D eigenvalue weighted by Crippen LogP contribution is -2.28. The van der Waals surface area contributed by atoms with Gasteiger partial charge in [0.2, 0.25) is 0 Å². The first-order valence-corrected chi connectivity index (χ1v) is 9.05. The molecule has 1 aromatic carbocycles. The Bertz CT molecular complexity index is 794. The Labute approximate surface area is 156 Å². The Hall–Kier alpha value is -2.72. The summed E-state index contributed by atoms with van der Waals surface area (Å²) in [5.41, 5.74) is 2.16. The van der Waals surface area contributed by atoms with E-state index in [4.69, 9.17) is 9.47 Å². The smallest absolute Gasteiger partial charge is 0.336 e. The highest BCUT2D eigenvalue weighted by Gasteiger charge is 2.35. The molecule has 0 amide bonds. The van der Waals surface area contributed by atoms with Gasteiger partial charge in [0.05, 0.1) is 47.6 Å². The molecule has 0 saturated carbocycles. The van der Waals surface area contributed by atoms with Gasteiger partial charge < -0.3 is 14.8 Å². The number of methoxy groups -OCH3 is 1. The predicted molar refractivity (Wildman–Crippen MR) is 98.8 cm³/mol. The van der Waals surface area contributed by atoms with Crippen LogP contribution in [0, 0.1) is 11.3 Å². The fourth-order valence-corrected chi connectivity index (χ4v) is 3.61. The minimum Gasteiger partial charge on any atom is -0.466 e. The van der Waals surface area contributed by atoms with Crippen LogP contribution in [0.1, 0.15) is 25.3 Å². The van der Waals surface area contributed by atoms with Crippen molar-refractivity contribution in [2.45, 2.75) is 19.8 Å². The number of carbonyl (C=O) groups excluding carboxylic acids is 2. The third-order valence-corrected chi connectivity index (χ3v) is 4.82. The van der Waals surface area contributed by atoms with Crippen LogP contribution in [0.2, 0.25) is 0 Å². The molecule has 0 aromatic heterocycles. The minimum absolute atomic E-state index is 0.0731. The van der Waals surface area contributed by atoms with Crippen molar-refractivity contribution in [3.05, 3.63) is 57.8 Å². The van der Waals surface area contributed by atoms with Gasteiger partial charge in [-0.1, -0.05) is 42.1 Å². The maximum Gasteiger partial charge on any atom is 0.336 e. The van der Waals surface area contributed by atoms with E-state index in [0.29, 0.717) is 28.5 Å². The number of carbonyl (C=O) groups is 2. The van der Waals surface area contributed by atoms with Crippen LogP contribution in [0.5, 0.6) is 0 Å². The van der Waals surface area contributed by atoms with E-state index in [1.807, 2.05) is 30.3 Å². The molecule has 0 bridgehead atoms. The van der Waals surface area contributed by atoms with Crippen molar-refractivity contribution >= 4 is 23.7 Å². The zero-order chi connectivity index (χ0) is 19.1. The van der Waals surface area contributed by atoms with Crippen LogP contribution >= 0.6 is 11.8 Å². The number of hydrogen-bond acceptors (Lipinski definition) is 7. The van der Waals surface area contributed by atoms with E-state index in [0.717, 1.165) is 5.56 Å². The first kappa shape index (κ1) is 19.6. The molecule has 136 valence electrons. The highest BCUT2D eigenvalue weighted by Crippen LogP contribution is 2.40. The monoisotopic (exact) mass is 372 g/mol. The summed E-state index contributed by atoms with van der Waals surface area (Å²) in [6.45, 7) is 3.79. The number of benzene rings is 1. The Kier molecular flexibility index (Phi) is 6.87. The van der Waals surface area contributed by atoms with Gasteiger partial charge in [-0.3, -0.25) is 4.79 Å². The molecule has 0 spiro atoms. The Balaban J connectivity index is 2.46. The van der Waals surface area contributed by atoms with Crippen molar-refractivity contribution in [2.24, 2.45) is 0 Å². The van der Waals surface area contributed by atoms with Crippen molar-refractivity contribution < 1.29 is 19.1 Å². The zero-order valence-corrected chi connectivity index (χ0v) is 15.7. The largest absolute Gasteiger partial charge is 0.466 e. The first-order valence-electron chi connectivity index (χ1n) is 8.07. The summed E-state index contributed by atoms with van der Waals surface area (Å²) in [5.74, 6) is -1.34. The van der Waals surface area contributed by atoms with Crippen LogP contribution in [0.25, 0.3) is 0 Å². The number of allylic oxidation sites excluding steroid dienone is 2. The fraction of sp³-hybridized carbons (Fsp3) is 0.316. The molecule has 0 saturated heterocycles. The molecule has 1 aromatic rings. The van der Waals surface area contributed by atoms with Crippen LogP contribution in [0.3, 0.4) is 0 Å². The molecule has 0 fully saturated rings. The SMILES string of the molecule is CCOC(=O)CSC1=C(C#N)C(c2ccccc2)C(C(=O)OC)=C(C)N1. The van der Waals surface area contributed by atoms with Crippen LogP contribution in [-0.4, -0.2) is 31.4 Å². The highest BCUT2D eigenvalue weighted by molar-refractivity contribution is 8.03. The molecule has 0 radical (unpaired) electrons. The Morgan fingerprint density at radius 2 is 2.00 bits per heavy atom. The number of nitrogens with one attached hydrogen (secondary N) is 1. The van der Waals surface area contributed by atoms with Gasteiger partial charge in [-0.15, -0.1) is 0 Å². The van der Waals surface area contributed by atoms with Crippen molar-refractivity contribution in [3.63, 3.8) is 0 Å². The molecule has 1 N–H and O–H groups in total. The topological polar surface area (TPSA) is 88.4 Å². The van der Waals surface area contributed by atoms with E-state index in [1.54, 1.807) is 13.8 Å². The number of rotatable bonds is 6. The van der Waals surface area contributed by atoms with E-state index < -0.39 is 11.9 Å². The van der Waals surface area contributed by atoms with E-state index in [-0.39, 0.29) is 11.7 Å². The lowest BCUT2D eigenvalue weighted by molar-refractivity contribution is -0.140. The molecule has 6 nitrogen and oxygen atoms in total. The summed E-state index contributed by atoms with van der Waals surface area (Å²) in [7, 11) is 1.31. The standard InChI is InChI=1S/C19H20N2O4S/c1-4-25-15(22)11-26-18-14(10-20)17(13-8-6-5-7-9-13)16(12(2)21-18)19(23)24-3/h5-9,17,21H,4,11H2,1-3H3. The number of nitrogens with zero attached hydrogens (tertiary/aromatic N) is 1. The van der Waals surface area contributed by atoms with Crippen molar-refractivity contribution in [1.82, 2.24) is 5.32 Å². The van der Waals surface area contributed by atoms with E-state index in [1.165, 1.54) is 18.9 Å². The predicted octanol–water partition coefficient (Wildman–Crippen LogP) is 2.85. The second-order valence-electron chi connectivity index (χ2n) is 5.45. The van der Waals surface area contributed by atoms with Gasteiger partial charge in [-0.2, -0.15) is 5.26 Å². The van der Waals surface area contributed by atoms with E-state index in [2.05, 4.69) is 11.4 Å². The average molecular weight is 372 g/mol. The van der Waals surface area contributed by atoms with Gasteiger partial charge in [-0.25, -0.2) is 4.79 Å². The molecular weight excluding hydrogens is 352 g/mol. The normalized spacial score (nSPS) is 16.6. The summed E-state index contributed by atoms with van der Waals surface area (Å²) < 4.78 is 9.86. The lowest BCUT2D eigenvalue weighted by atomic mass is 9.82. The third kappa shape index (κ3) is 4.27. The molecule has 2 rings (SSSR count). The number of dihydropyridines is 1. The highest BCUT2D eigenvalue weighted by atomic mass is 32.2. The quantitative estimate of drug-likeness (QED) is 0.768. The van der Waals surface area contributed by atoms with Crippen molar-refractivity contribution in [3.8, 4) is 6.07 Å². The number of thioether (sulfide) groups is 1. The minimum atomic E-state index is -0.556. The summed E-state index contributed by atoms with van der Waals surface area (Å²) in [6.07, 6.45) is 0. The number of nitriles is 1. The molecule has 1 aliphatic rings. The summed E-state index contributed by atoms with van der Waals surface area (Å²) in [5, 5.41) is 13.4. The number of hydrogen-bond donors (Lipinski definition) is 1. The van der Waals surface area contributed by atoms with Crippen LogP contribution in [0.4, 0.5) is 0 Å². The lowest BCUT2D eigenvalue weighted by Gasteiger charge is -2.29. The fourth-order valence-electron chi connectivity index (χ4n) is 2.72. The van der Waals surface area contributed by atoms with Crippen LogP contribution in [0.15, 0.2) is 52.2 Å². The molecule has 1 heterocycles. The molecule has 0 aliphatic carbocycles. The summed E-state index contributed by atoms with van der Waals surface area (Å²) in [4.78, 5) is 24.0. The van der Waals surface area contributed by atoms with E-state index >= 15 is 0 Å². The van der Waals surface area contributed by atoms with Gasteiger partial charge in [0, 0.05) is 5.70 Å². The maximum atomic E-state index is 12.3. The van der Waals surface area contributed by atoms with Crippen LogP contribution < -0.4 is 5.32 Å². The summed E-state index contributed by atoms with van der Waals surface area (Å²) >= 11 is 1.19. The van der Waals surface area contributed by atoms with Gasteiger partial charge in [0.15, 0.2) is 0 Å². The second kappa shape index (κ2) is 9.11. The van der Waals surface area contributed by atoms with Gasteiger partial charge in [0.1, 0.15) is 0 Å². The maximum absolute atomic E-state index is 12.3. The van der Waals surface area contributed by atoms with Crippen molar-refractivity contribution in [2.75, 3.05) is 19.5 Å². The van der Waals surface area contributed by atoms with Gasteiger partial charge in [-0.05, 0) is 19.4 Å². The molecular formula is C19H20N2O4S. The molecule has 1 aliphatic heterocycles. The number of esters is 2. The zero-order valence-electron chi connectivity index (χ0n) is 14.9. The molecule has 7 heteroatoms. The average Bonchev–Trinajstić information content (AvgIpc) is 2.66. The summed E-state index contributed by atoms with van der Waals surface area (Å²) in [6, 6.07) is 11.5. The van der Waals surface area contributed by atoms with E-state index in [9.17, 15) is 14.9 Å². The van der Waals surface area contributed by atoms with Gasteiger partial charge in [0.25, 0.3) is 0 Å². The Morgan fingerprint density at radius 3 is 2.58 bits per heavy atom. The number of ether oxygens (including phenoxy) is 2. The van der Waals surface area contributed by atoms with Crippen molar-refractivity contribution in [1.29, 1.82) is 5.26 Å². The Morgan fingerprint density at radius 1 is 1.31 bits per heavy atom. The second-order valence-corrected chi connectivity index (χ2v) is 6.43. The molecule has 26 heavy (non-hydrogen) atoms. The van der Waals surface area contributed by atoms with Crippen LogP contribution in [-0.2, 0) is 19.1 Å². The molecule has 1 atom stereocenters. The third-order valence-electron chi connectivity index (χ3n) is 3.83. The van der Waals surface area contributed by atoms with Gasteiger partial charge >= 0.3 is 11.9 Å². The molecule has 1 unspecified atom stereocenters. The first-order chi connectivity index (χ1) is 12.5.